The summed E-state index contributed by atoms with van der Waals surface area (Å²) >= 11 is 0. The molecule has 5 heteroatoms. The molecule has 1 aliphatic carbocycles. The van der Waals surface area contributed by atoms with Crippen LogP contribution in [0.4, 0.5) is 0 Å². The third-order valence-corrected chi connectivity index (χ3v) is 5.21. The Hall–Kier alpha value is -1.10. The Morgan fingerprint density at radius 2 is 1.88 bits per heavy atom. The molecule has 24 heavy (non-hydrogen) atoms. The van der Waals surface area contributed by atoms with Crippen molar-refractivity contribution in [2.75, 3.05) is 13.7 Å². The molecule has 0 aromatic rings. The lowest BCUT2D eigenvalue weighted by atomic mass is 9.82. The first-order chi connectivity index (χ1) is 11.5. The molecule has 1 amide bonds. The van der Waals surface area contributed by atoms with E-state index in [1.54, 1.807) is 6.92 Å². The average molecular weight is 341 g/mol. The van der Waals surface area contributed by atoms with Gasteiger partial charge in [-0.05, 0) is 39.0 Å². The van der Waals surface area contributed by atoms with E-state index in [4.69, 9.17) is 4.74 Å². The maximum atomic E-state index is 12.8. The van der Waals surface area contributed by atoms with Crippen LogP contribution in [0.15, 0.2) is 0 Å². The first kappa shape index (κ1) is 20.9. The predicted octanol–water partition coefficient (Wildman–Crippen LogP) is 3.12. The van der Waals surface area contributed by atoms with Crippen molar-refractivity contribution in [2.24, 2.45) is 5.92 Å². The van der Waals surface area contributed by atoms with Crippen LogP contribution in [-0.2, 0) is 14.3 Å². The Labute approximate surface area is 147 Å². The Morgan fingerprint density at radius 1 is 1.21 bits per heavy atom. The molecule has 1 saturated carbocycles. The second-order valence-electron chi connectivity index (χ2n) is 6.95. The van der Waals surface area contributed by atoms with E-state index in [1.165, 1.54) is 19.3 Å². The predicted molar refractivity (Wildman–Crippen MR) is 96.7 cm³/mol. The van der Waals surface area contributed by atoms with Gasteiger partial charge >= 0.3 is 5.97 Å². The minimum Gasteiger partial charge on any atom is -0.465 e. The van der Waals surface area contributed by atoms with Crippen molar-refractivity contribution in [2.45, 2.75) is 90.8 Å². The molecule has 140 valence electrons. The van der Waals surface area contributed by atoms with Gasteiger partial charge in [-0.25, -0.2) is 0 Å². The fourth-order valence-corrected chi connectivity index (χ4v) is 3.82. The van der Waals surface area contributed by atoms with Crippen LogP contribution >= 0.6 is 0 Å². The molecule has 0 saturated heterocycles. The molecule has 1 N–H and O–H groups in total. The van der Waals surface area contributed by atoms with Gasteiger partial charge in [0.2, 0.25) is 5.91 Å². The number of rotatable bonds is 9. The highest BCUT2D eigenvalue weighted by atomic mass is 16.5. The molecular weight excluding hydrogens is 304 g/mol. The molecule has 1 rings (SSSR count). The smallest absolute Gasteiger partial charge is 0.323 e. The Morgan fingerprint density at radius 3 is 2.46 bits per heavy atom. The lowest BCUT2D eigenvalue weighted by molar-refractivity contribution is -0.146. The van der Waals surface area contributed by atoms with Gasteiger partial charge in [0.1, 0.15) is 6.04 Å². The van der Waals surface area contributed by atoms with Crippen molar-refractivity contribution in [1.82, 2.24) is 10.2 Å². The number of nitrogens with zero attached hydrogens (tertiary/aromatic N) is 1. The van der Waals surface area contributed by atoms with E-state index in [0.717, 1.165) is 19.3 Å². The fraction of sp³-hybridized carbons (Fsp3) is 0.895. The summed E-state index contributed by atoms with van der Waals surface area (Å²) in [6.07, 6.45) is 7.43. The molecule has 0 aliphatic heterocycles. The topological polar surface area (TPSA) is 58.6 Å². The van der Waals surface area contributed by atoms with E-state index in [0.29, 0.717) is 25.0 Å². The van der Waals surface area contributed by atoms with E-state index in [9.17, 15) is 9.59 Å². The third kappa shape index (κ3) is 5.76. The van der Waals surface area contributed by atoms with Crippen LogP contribution < -0.4 is 5.32 Å². The van der Waals surface area contributed by atoms with Gasteiger partial charge in [-0.1, -0.05) is 39.5 Å². The highest BCUT2D eigenvalue weighted by Gasteiger charge is 2.32. The second-order valence-corrected chi connectivity index (χ2v) is 6.95. The van der Waals surface area contributed by atoms with Crippen LogP contribution in [0.3, 0.4) is 0 Å². The molecule has 0 bridgehead atoms. The third-order valence-electron chi connectivity index (χ3n) is 5.21. The summed E-state index contributed by atoms with van der Waals surface area (Å²) in [7, 11) is 1.92. The largest absolute Gasteiger partial charge is 0.465 e. The number of carbonyl (C=O) groups is 2. The number of carbonyl (C=O) groups excluding carboxylic acids is 2. The van der Waals surface area contributed by atoms with E-state index in [1.807, 2.05) is 25.8 Å². The normalized spacial score (nSPS) is 23.4. The minimum absolute atomic E-state index is 0.0748. The number of esters is 1. The second kappa shape index (κ2) is 10.7. The molecule has 0 aromatic carbocycles. The summed E-state index contributed by atoms with van der Waals surface area (Å²) in [5, 5.41) is 3.19. The van der Waals surface area contributed by atoms with Crippen LogP contribution in [0.2, 0.25) is 0 Å². The summed E-state index contributed by atoms with van der Waals surface area (Å²) < 4.78 is 5.12. The fourth-order valence-electron chi connectivity index (χ4n) is 3.82. The number of likely N-dealkylation sites (N-methyl/N-ethyl adjacent to an activating group) is 1. The molecule has 0 spiro atoms. The lowest BCUT2D eigenvalue weighted by Crippen LogP contribution is -2.53. The number of nitrogens with one attached hydrogen (secondary N) is 1. The Balaban J connectivity index is 2.68. The standard InChI is InChI=1S/C19H36N2O3/c1-6-11-16(19(23)24-8-3)20-14(4)18(22)21(5)17-13-10-9-12-15(17)7-2/h14-17,20H,6-13H2,1-5H3. The highest BCUT2D eigenvalue weighted by molar-refractivity contribution is 5.83. The summed E-state index contributed by atoms with van der Waals surface area (Å²) in [4.78, 5) is 26.8. The van der Waals surface area contributed by atoms with Crippen molar-refractivity contribution in [3.63, 3.8) is 0 Å². The van der Waals surface area contributed by atoms with Crippen molar-refractivity contribution < 1.29 is 14.3 Å². The number of ether oxygens (including phenoxy) is 1. The van der Waals surface area contributed by atoms with Gasteiger partial charge < -0.3 is 9.64 Å². The van der Waals surface area contributed by atoms with Crippen LogP contribution in [0.25, 0.3) is 0 Å². The quantitative estimate of drug-likeness (QED) is 0.655. The zero-order valence-electron chi connectivity index (χ0n) is 16.1. The molecule has 0 heterocycles. The van der Waals surface area contributed by atoms with Gasteiger partial charge in [0.15, 0.2) is 0 Å². The van der Waals surface area contributed by atoms with Gasteiger partial charge in [0, 0.05) is 13.1 Å². The molecule has 4 unspecified atom stereocenters. The van der Waals surface area contributed by atoms with Gasteiger partial charge in [-0.3, -0.25) is 14.9 Å². The monoisotopic (exact) mass is 340 g/mol. The van der Waals surface area contributed by atoms with Crippen molar-refractivity contribution in [1.29, 1.82) is 0 Å². The van der Waals surface area contributed by atoms with E-state index < -0.39 is 6.04 Å². The Bertz CT molecular complexity index is 400. The maximum absolute atomic E-state index is 12.8. The maximum Gasteiger partial charge on any atom is 0.323 e. The van der Waals surface area contributed by atoms with Gasteiger partial charge in [0.05, 0.1) is 12.6 Å². The van der Waals surface area contributed by atoms with Crippen LogP contribution in [0, 0.1) is 5.92 Å². The lowest BCUT2D eigenvalue weighted by Gasteiger charge is -2.39. The SMILES string of the molecule is CCCC(NC(C)C(=O)N(C)C1CCCCC1CC)C(=O)OCC. The van der Waals surface area contributed by atoms with Crippen LogP contribution in [0.5, 0.6) is 0 Å². The molecule has 5 nitrogen and oxygen atoms in total. The highest BCUT2D eigenvalue weighted by Crippen LogP contribution is 2.30. The molecule has 1 aliphatic rings. The van der Waals surface area contributed by atoms with E-state index >= 15 is 0 Å². The molecule has 0 radical (unpaired) electrons. The van der Waals surface area contributed by atoms with Crippen molar-refractivity contribution in [3.8, 4) is 0 Å². The minimum atomic E-state index is -0.407. The summed E-state index contributed by atoms with van der Waals surface area (Å²) in [5.41, 5.74) is 0. The van der Waals surface area contributed by atoms with E-state index in [2.05, 4.69) is 12.2 Å². The molecule has 4 atom stereocenters. The van der Waals surface area contributed by atoms with E-state index in [-0.39, 0.29) is 17.9 Å². The van der Waals surface area contributed by atoms with Crippen LogP contribution in [-0.4, -0.2) is 48.6 Å². The number of amides is 1. The van der Waals surface area contributed by atoms with Gasteiger partial charge in [0.25, 0.3) is 0 Å². The summed E-state index contributed by atoms with van der Waals surface area (Å²) in [5.74, 6) is 0.410. The van der Waals surface area contributed by atoms with Gasteiger partial charge in [-0.2, -0.15) is 0 Å². The zero-order chi connectivity index (χ0) is 18.1. The first-order valence-electron chi connectivity index (χ1n) is 9.65. The molecule has 0 aromatic heterocycles. The summed E-state index contributed by atoms with van der Waals surface area (Å²) in [6, 6.07) is -0.460. The van der Waals surface area contributed by atoms with Gasteiger partial charge in [-0.15, -0.1) is 0 Å². The Kier molecular flexibility index (Phi) is 9.34. The van der Waals surface area contributed by atoms with Crippen molar-refractivity contribution >= 4 is 11.9 Å². The van der Waals surface area contributed by atoms with Crippen LogP contribution in [0.1, 0.15) is 72.6 Å². The molecule has 1 fully saturated rings. The number of hydrogen-bond acceptors (Lipinski definition) is 4. The zero-order valence-corrected chi connectivity index (χ0v) is 16.1. The average Bonchev–Trinajstić information content (AvgIpc) is 2.60. The van der Waals surface area contributed by atoms with Crippen molar-refractivity contribution in [3.05, 3.63) is 0 Å². The summed E-state index contributed by atoms with van der Waals surface area (Å²) in [6.45, 7) is 8.26. The molecular formula is C19H36N2O3. The first-order valence-corrected chi connectivity index (χ1v) is 9.65. The number of hydrogen-bond donors (Lipinski definition) is 1.